The molecule has 0 saturated carbocycles. The number of H-pyrrole nitrogens is 1. The van der Waals surface area contributed by atoms with Crippen molar-refractivity contribution < 1.29 is 9.21 Å². The maximum Gasteiger partial charge on any atom is 0.256 e. The van der Waals surface area contributed by atoms with E-state index in [1.165, 1.54) is 0 Å². The van der Waals surface area contributed by atoms with Crippen LogP contribution < -0.4 is 5.32 Å². The van der Waals surface area contributed by atoms with Crippen molar-refractivity contribution in [3.63, 3.8) is 0 Å². The molecule has 0 atom stereocenters. The van der Waals surface area contributed by atoms with E-state index in [0.29, 0.717) is 39.3 Å². The minimum atomic E-state index is -0.161. The third-order valence-electron chi connectivity index (χ3n) is 3.34. The van der Waals surface area contributed by atoms with Gasteiger partial charge in [-0.25, -0.2) is 0 Å². The molecule has 0 aromatic carbocycles. The molecule has 2 aromatic rings. The van der Waals surface area contributed by atoms with Crippen molar-refractivity contribution in [3.8, 4) is 0 Å². The lowest BCUT2D eigenvalue weighted by atomic mass is 10.2. The second-order valence-corrected chi connectivity index (χ2v) is 6.50. The molecule has 2 rings (SSSR count). The molecule has 0 spiro atoms. The van der Waals surface area contributed by atoms with Crippen molar-refractivity contribution in [1.82, 2.24) is 20.1 Å². The molecule has 6 nitrogen and oxygen atoms in total. The van der Waals surface area contributed by atoms with Gasteiger partial charge >= 0.3 is 0 Å². The fraction of sp³-hybridized carbons (Fsp3) is 0.500. The fourth-order valence-corrected chi connectivity index (χ4v) is 3.24. The Morgan fingerprint density at radius 1 is 1.45 bits per heavy atom. The van der Waals surface area contributed by atoms with Crippen LogP contribution in [0.2, 0.25) is 0 Å². The molecule has 0 aliphatic carbocycles. The highest BCUT2D eigenvalue weighted by Gasteiger charge is 2.19. The van der Waals surface area contributed by atoms with Gasteiger partial charge in [0.2, 0.25) is 0 Å². The Hall–Kier alpha value is -1.41. The Bertz CT molecular complexity index is 745. The van der Waals surface area contributed by atoms with Crippen molar-refractivity contribution in [3.05, 3.63) is 32.2 Å². The summed E-state index contributed by atoms with van der Waals surface area (Å²) in [5.74, 6) is 1.97. The van der Waals surface area contributed by atoms with Gasteiger partial charge in [0.05, 0.1) is 10.0 Å². The number of aromatic nitrogens is 3. The molecular formula is C14H19BrN4O2S. The van der Waals surface area contributed by atoms with E-state index >= 15 is 0 Å². The van der Waals surface area contributed by atoms with Crippen LogP contribution >= 0.6 is 28.1 Å². The third kappa shape index (κ3) is 3.33. The molecule has 0 saturated heterocycles. The van der Waals surface area contributed by atoms with Gasteiger partial charge in [-0.05, 0) is 55.8 Å². The summed E-state index contributed by atoms with van der Waals surface area (Å²) in [6.45, 7) is 8.15. The molecule has 0 radical (unpaired) electrons. The van der Waals surface area contributed by atoms with Crippen molar-refractivity contribution in [1.29, 1.82) is 0 Å². The number of furan rings is 1. The fourth-order valence-electron chi connectivity index (χ4n) is 2.34. The van der Waals surface area contributed by atoms with Crippen LogP contribution in [0.15, 0.2) is 8.89 Å². The number of carbonyl (C=O) groups excluding carboxylic acids is 1. The maximum atomic E-state index is 12.3. The summed E-state index contributed by atoms with van der Waals surface area (Å²) >= 11 is 8.59. The summed E-state index contributed by atoms with van der Waals surface area (Å²) in [5, 5.41) is 9.89. The Morgan fingerprint density at radius 3 is 2.68 bits per heavy atom. The third-order valence-corrected chi connectivity index (χ3v) is 4.58. The second kappa shape index (κ2) is 6.78. The van der Waals surface area contributed by atoms with E-state index in [-0.39, 0.29) is 11.9 Å². The van der Waals surface area contributed by atoms with E-state index in [1.54, 1.807) is 6.92 Å². The Morgan fingerprint density at radius 2 is 2.14 bits per heavy atom. The van der Waals surface area contributed by atoms with E-state index < -0.39 is 0 Å². The first-order chi connectivity index (χ1) is 10.3. The van der Waals surface area contributed by atoms with Crippen LogP contribution in [0.3, 0.4) is 0 Å². The van der Waals surface area contributed by atoms with Crippen LogP contribution in [0, 0.1) is 18.6 Å². The summed E-state index contributed by atoms with van der Waals surface area (Å²) in [6.07, 6.45) is 0.602. The number of rotatable bonds is 5. The van der Waals surface area contributed by atoms with Crippen molar-refractivity contribution in [2.24, 2.45) is 0 Å². The molecule has 120 valence electrons. The van der Waals surface area contributed by atoms with Gasteiger partial charge in [-0.15, -0.1) is 0 Å². The van der Waals surface area contributed by atoms with Gasteiger partial charge in [-0.3, -0.25) is 9.89 Å². The summed E-state index contributed by atoms with van der Waals surface area (Å²) < 4.78 is 8.69. The minimum Gasteiger partial charge on any atom is -0.465 e. The number of aryl methyl sites for hydroxylation is 2. The van der Waals surface area contributed by atoms with E-state index in [9.17, 15) is 4.79 Å². The number of aromatic amines is 1. The smallest absolute Gasteiger partial charge is 0.256 e. The largest absolute Gasteiger partial charge is 0.465 e. The normalized spacial score (nSPS) is 11.2. The molecular weight excluding hydrogens is 368 g/mol. The summed E-state index contributed by atoms with van der Waals surface area (Å²) in [7, 11) is 0. The summed E-state index contributed by atoms with van der Waals surface area (Å²) in [5.41, 5.74) is 0.542. The first-order valence-electron chi connectivity index (χ1n) is 7.02. The average molecular weight is 387 g/mol. The lowest BCUT2D eigenvalue weighted by molar-refractivity contribution is 0.0951. The van der Waals surface area contributed by atoms with Gasteiger partial charge in [0.1, 0.15) is 17.3 Å². The zero-order valence-electron chi connectivity index (χ0n) is 13.0. The van der Waals surface area contributed by atoms with E-state index in [0.717, 1.165) is 5.82 Å². The molecule has 0 unspecified atom stereocenters. The van der Waals surface area contributed by atoms with Crippen molar-refractivity contribution >= 4 is 34.1 Å². The topological polar surface area (TPSA) is 75.8 Å². The van der Waals surface area contributed by atoms with Crippen LogP contribution in [-0.2, 0) is 6.42 Å². The van der Waals surface area contributed by atoms with Gasteiger partial charge in [-0.1, -0.05) is 0 Å². The number of halogens is 1. The summed E-state index contributed by atoms with van der Waals surface area (Å²) in [6, 6.07) is 0.227. The monoisotopic (exact) mass is 386 g/mol. The molecule has 2 N–H and O–H groups in total. The lowest BCUT2D eigenvalue weighted by Gasteiger charge is -2.10. The van der Waals surface area contributed by atoms with E-state index in [2.05, 4.69) is 31.4 Å². The quantitative estimate of drug-likeness (QED) is 0.771. The standard InChI is InChI=1S/C14H19BrN4O2S/c1-7(2)19-10(17-18-14(19)22)5-6-16-13(20)11-8(3)21-9(4)12(11)15/h7H,5-6H2,1-4H3,(H,16,20)(H,18,22). The average Bonchev–Trinajstić information content (AvgIpc) is 2.90. The molecule has 1 amide bonds. The molecule has 0 aliphatic rings. The SMILES string of the molecule is Cc1oc(C)c(C(=O)NCCc2n[nH]c(=S)n2C(C)C)c1Br. The molecule has 8 heteroatoms. The molecule has 2 heterocycles. The van der Waals surface area contributed by atoms with Gasteiger partial charge in [0, 0.05) is 19.0 Å². The number of carbonyl (C=O) groups is 1. The Balaban J connectivity index is 2.03. The van der Waals surface area contributed by atoms with Crippen LogP contribution in [0.1, 0.15) is 47.6 Å². The number of nitrogens with one attached hydrogen (secondary N) is 2. The molecule has 22 heavy (non-hydrogen) atoms. The van der Waals surface area contributed by atoms with Gasteiger partial charge in [0.15, 0.2) is 4.77 Å². The molecule has 0 aliphatic heterocycles. The minimum absolute atomic E-state index is 0.161. The highest BCUT2D eigenvalue weighted by Crippen LogP contribution is 2.27. The molecule has 0 fully saturated rings. The number of hydrogen-bond donors (Lipinski definition) is 2. The van der Waals surface area contributed by atoms with Crippen molar-refractivity contribution in [2.75, 3.05) is 6.54 Å². The number of amides is 1. The van der Waals surface area contributed by atoms with Crippen LogP contribution in [0.25, 0.3) is 0 Å². The van der Waals surface area contributed by atoms with Gasteiger partial charge in [-0.2, -0.15) is 5.10 Å². The predicted molar refractivity (Wildman–Crippen MR) is 89.7 cm³/mol. The Kier molecular flexibility index (Phi) is 5.23. The lowest BCUT2D eigenvalue weighted by Crippen LogP contribution is -2.27. The number of hydrogen-bond acceptors (Lipinski definition) is 4. The second-order valence-electron chi connectivity index (χ2n) is 5.32. The summed E-state index contributed by atoms with van der Waals surface area (Å²) in [4.78, 5) is 12.3. The van der Waals surface area contributed by atoms with Gasteiger partial charge in [0.25, 0.3) is 5.91 Å². The molecule has 0 bridgehead atoms. The number of nitrogens with zero attached hydrogens (tertiary/aromatic N) is 2. The van der Waals surface area contributed by atoms with Gasteiger partial charge < -0.3 is 14.3 Å². The van der Waals surface area contributed by atoms with E-state index in [1.807, 2.05) is 25.3 Å². The van der Waals surface area contributed by atoms with Crippen LogP contribution in [-0.4, -0.2) is 27.2 Å². The highest BCUT2D eigenvalue weighted by atomic mass is 79.9. The first kappa shape index (κ1) is 17.0. The van der Waals surface area contributed by atoms with Crippen LogP contribution in [0.4, 0.5) is 0 Å². The van der Waals surface area contributed by atoms with Crippen molar-refractivity contribution in [2.45, 2.75) is 40.2 Å². The molecule has 2 aromatic heterocycles. The zero-order chi connectivity index (χ0) is 16.4. The van der Waals surface area contributed by atoms with Crippen LogP contribution in [0.5, 0.6) is 0 Å². The van der Waals surface area contributed by atoms with E-state index in [4.69, 9.17) is 16.6 Å². The zero-order valence-corrected chi connectivity index (χ0v) is 15.4. The Labute approximate surface area is 142 Å². The maximum absolute atomic E-state index is 12.3. The first-order valence-corrected chi connectivity index (χ1v) is 8.22. The predicted octanol–water partition coefficient (Wildman–Crippen LogP) is 3.47. The highest BCUT2D eigenvalue weighted by molar-refractivity contribution is 9.10.